The van der Waals surface area contributed by atoms with Gasteiger partial charge in [0.15, 0.2) is 15.7 Å². The molecule has 1 unspecified atom stereocenters. The van der Waals surface area contributed by atoms with E-state index in [-0.39, 0.29) is 11.5 Å². The first-order valence-corrected chi connectivity index (χ1v) is 8.28. The molecular formula is C11H17ClN4O2S. The number of anilines is 2. The quantitative estimate of drug-likeness (QED) is 0.878. The Morgan fingerprint density at radius 3 is 2.84 bits per heavy atom. The van der Waals surface area contributed by atoms with Crippen LogP contribution in [0, 0.1) is 0 Å². The van der Waals surface area contributed by atoms with Gasteiger partial charge in [0.1, 0.15) is 5.02 Å². The van der Waals surface area contributed by atoms with Crippen LogP contribution in [-0.4, -0.2) is 42.0 Å². The summed E-state index contributed by atoms with van der Waals surface area (Å²) in [6.07, 6.45) is 2.05. The molecule has 0 saturated carbocycles. The molecule has 0 aliphatic carbocycles. The topological polar surface area (TPSA) is 84.0 Å². The fourth-order valence-electron chi connectivity index (χ4n) is 2.09. The number of nitrogens with zero attached hydrogens (tertiary/aromatic N) is 2. The molecule has 6 nitrogen and oxygen atoms in total. The second-order valence-corrected chi connectivity index (χ2v) is 7.54. The highest BCUT2D eigenvalue weighted by atomic mass is 35.5. The van der Waals surface area contributed by atoms with Crippen LogP contribution in [0.1, 0.15) is 20.3 Å². The summed E-state index contributed by atoms with van der Waals surface area (Å²) in [6.45, 7) is 4.51. The van der Waals surface area contributed by atoms with Gasteiger partial charge in [-0.25, -0.2) is 13.4 Å². The van der Waals surface area contributed by atoms with Crippen molar-refractivity contribution in [1.29, 1.82) is 0 Å². The second kappa shape index (κ2) is 5.13. The highest BCUT2D eigenvalue weighted by Crippen LogP contribution is 2.30. The largest absolute Gasteiger partial charge is 0.362 e. The van der Waals surface area contributed by atoms with E-state index in [1.54, 1.807) is 0 Å². The van der Waals surface area contributed by atoms with Gasteiger partial charge in [0.2, 0.25) is 5.95 Å². The number of aromatic nitrogens is 2. The van der Waals surface area contributed by atoms with Crippen LogP contribution in [0.5, 0.6) is 0 Å². The molecule has 0 bridgehead atoms. The van der Waals surface area contributed by atoms with Gasteiger partial charge in [-0.3, -0.25) is 0 Å². The van der Waals surface area contributed by atoms with Crippen molar-refractivity contribution in [3.63, 3.8) is 0 Å². The zero-order chi connectivity index (χ0) is 14.1. The summed E-state index contributed by atoms with van der Waals surface area (Å²) >= 11 is 6.04. The van der Waals surface area contributed by atoms with Crippen LogP contribution in [0.3, 0.4) is 0 Å². The average Bonchev–Trinajstić information content (AvgIpc) is 2.58. The Kier molecular flexibility index (Phi) is 3.87. The smallest absolute Gasteiger partial charge is 0.224 e. The molecule has 1 saturated heterocycles. The van der Waals surface area contributed by atoms with Crippen molar-refractivity contribution in [2.45, 2.75) is 25.8 Å². The van der Waals surface area contributed by atoms with Gasteiger partial charge >= 0.3 is 0 Å². The van der Waals surface area contributed by atoms with E-state index in [1.165, 1.54) is 6.20 Å². The summed E-state index contributed by atoms with van der Waals surface area (Å²) < 4.78 is 23.1. The first kappa shape index (κ1) is 14.3. The highest BCUT2D eigenvalue weighted by molar-refractivity contribution is 7.91. The molecule has 1 aromatic heterocycles. The van der Waals surface area contributed by atoms with E-state index in [2.05, 4.69) is 20.6 Å². The van der Waals surface area contributed by atoms with Crippen LogP contribution in [0.25, 0.3) is 0 Å². The van der Waals surface area contributed by atoms with Crippen molar-refractivity contribution in [1.82, 2.24) is 9.97 Å². The monoisotopic (exact) mass is 304 g/mol. The summed E-state index contributed by atoms with van der Waals surface area (Å²) in [6, 6.07) is 0. The molecule has 2 rings (SSSR count). The lowest BCUT2D eigenvalue weighted by Gasteiger charge is -2.25. The SMILES string of the molecule is CCNc1ncc(Cl)c(NC2(C)CCS(=O)(=O)C2)n1. The van der Waals surface area contributed by atoms with E-state index in [1.807, 2.05) is 13.8 Å². The predicted molar refractivity (Wildman–Crippen MR) is 76.5 cm³/mol. The van der Waals surface area contributed by atoms with Crippen molar-refractivity contribution >= 4 is 33.2 Å². The van der Waals surface area contributed by atoms with Crippen molar-refractivity contribution in [2.75, 3.05) is 28.7 Å². The maximum Gasteiger partial charge on any atom is 0.224 e. The van der Waals surface area contributed by atoms with Crippen molar-refractivity contribution in [2.24, 2.45) is 0 Å². The molecule has 0 amide bonds. The molecule has 1 aliphatic heterocycles. The fourth-order valence-corrected chi connectivity index (χ4v) is 4.32. The van der Waals surface area contributed by atoms with E-state index >= 15 is 0 Å². The summed E-state index contributed by atoms with van der Waals surface area (Å²) in [7, 11) is -2.97. The van der Waals surface area contributed by atoms with Gasteiger partial charge in [0.25, 0.3) is 0 Å². The summed E-state index contributed by atoms with van der Waals surface area (Å²) in [5, 5.41) is 6.51. The van der Waals surface area contributed by atoms with Gasteiger partial charge in [-0.1, -0.05) is 11.6 Å². The maximum absolute atomic E-state index is 11.6. The normalized spacial score (nSPS) is 25.2. The summed E-state index contributed by atoms with van der Waals surface area (Å²) in [4.78, 5) is 8.30. The predicted octanol–water partition coefficient (Wildman–Crippen LogP) is 1.55. The molecular weight excluding hydrogens is 288 g/mol. The van der Waals surface area contributed by atoms with Crippen LogP contribution in [0.4, 0.5) is 11.8 Å². The molecule has 1 atom stereocenters. The Balaban J connectivity index is 2.21. The van der Waals surface area contributed by atoms with Crippen molar-refractivity contribution in [3.05, 3.63) is 11.2 Å². The lowest BCUT2D eigenvalue weighted by Crippen LogP contribution is -2.36. The van der Waals surface area contributed by atoms with Gasteiger partial charge in [-0.2, -0.15) is 4.98 Å². The number of hydrogen-bond donors (Lipinski definition) is 2. The maximum atomic E-state index is 11.6. The van der Waals surface area contributed by atoms with Crippen LogP contribution < -0.4 is 10.6 Å². The first-order chi connectivity index (χ1) is 8.84. The van der Waals surface area contributed by atoms with Crippen LogP contribution in [0.2, 0.25) is 5.02 Å². The lowest BCUT2D eigenvalue weighted by molar-refractivity contribution is 0.572. The Labute approximate surface area is 117 Å². The van der Waals surface area contributed by atoms with Gasteiger partial charge in [0.05, 0.1) is 23.2 Å². The van der Waals surface area contributed by atoms with Crippen molar-refractivity contribution < 1.29 is 8.42 Å². The van der Waals surface area contributed by atoms with Gasteiger partial charge < -0.3 is 10.6 Å². The van der Waals surface area contributed by atoms with Gasteiger partial charge in [0, 0.05) is 6.54 Å². The third-order valence-electron chi connectivity index (χ3n) is 3.00. The molecule has 1 fully saturated rings. The zero-order valence-electron chi connectivity index (χ0n) is 10.9. The fraction of sp³-hybridized carbons (Fsp3) is 0.636. The minimum absolute atomic E-state index is 0.0941. The lowest BCUT2D eigenvalue weighted by atomic mass is 10.0. The molecule has 0 aromatic carbocycles. The molecule has 2 N–H and O–H groups in total. The molecule has 2 heterocycles. The van der Waals surface area contributed by atoms with E-state index < -0.39 is 15.4 Å². The van der Waals surface area contributed by atoms with E-state index in [4.69, 9.17) is 11.6 Å². The molecule has 0 radical (unpaired) electrons. The third-order valence-corrected chi connectivity index (χ3v) is 5.18. The second-order valence-electron chi connectivity index (χ2n) is 4.95. The number of sulfone groups is 1. The van der Waals surface area contributed by atoms with Gasteiger partial charge in [-0.05, 0) is 20.3 Å². The highest BCUT2D eigenvalue weighted by Gasteiger charge is 2.38. The van der Waals surface area contributed by atoms with Gasteiger partial charge in [-0.15, -0.1) is 0 Å². The molecule has 19 heavy (non-hydrogen) atoms. The van der Waals surface area contributed by atoms with Crippen LogP contribution >= 0.6 is 11.6 Å². The first-order valence-electron chi connectivity index (χ1n) is 6.09. The van der Waals surface area contributed by atoms with Crippen LogP contribution in [0.15, 0.2) is 6.20 Å². The Hall–Kier alpha value is -1.08. The molecule has 8 heteroatoms. The Morgan fingerprint density at radius 1 is 1.53 bits per heavy atom. The molecule has 1 aromatic rings. The van der Waals surface area contributed by atoms with Crippen LogP contribution in [-0.2, 0) is 9.84 Å². The number of halogens is 1. The minimum Gasteiger partial charge on any atom is -0.362 e. The Bertz CT molecular complexity index is 578. The summed E-state index contributed by atoms with van der Waals surface area (Å²) in [5.74, 6) is 1.22. The number of rotatable bonds is 4. The van der Waals surface area contributed by atoms with E-state index in [9.17, 15) is 8.42 Å². The third kappa shape index (κ3) is 3.48. The number of nitrogens with one attached hydrogen (secondary N) is 2. The molecule has 1 aliphatic rings. The van der Waals surface area contributed by atoms with Crippen molar-refractivity contribution in [3.8, 4) is 0 Å². The Morgan fingerprint density at radius 2 is 2.26 bits per heavy atom. The van der Waals surface area contributed by atoms with E-state index in [0.717, 1.165) is 0 Å². The molecule has 0 spiro atoms. The minimum atomic E-state index is -2.97. The number of hydrogen-bond acceptors (Lipinski definition) is 6. The zero-order valence-corrected chi connectivity index (χ0v) is 12.5. The average molecular weight is 305 g/mol. The standard InChI is InChI=1S/C11H17ClN4O2S/c1-3-13-10-14-6-8(12)9(15-10)16-11(2)4-5-19(17,18)7-11/h6H,3-5,7H2,1-2H3,(H2,13,14,15,16). The molecule has 106 valence electrons. The van der Waals surface area contributed by atoms with E-state index in [0.29, 0.717) is 29.8 Å². The summed E-state index contributed by atoms with van der Waals surface area (Å²) in [5.41, 5.74) is -0.527.